The lowest BCUT2D eigenvalue weighted by atomic mass is 10.1. The summed E-state index contributed by atoms with van der Waals surface area (Å²) in [5, 5.41) is 3.93. The Bertz CT molecular complexity index is 379. The number of nitrogens with zero attached hydrogens (tertiary/aromatic N) is 1. The van der Waals surface area contributed by atoms with E-state index in [2.05, 4.69) is 22.7 Å². The largest absolute Gasteiger partial charge is 0.349 e. The van der Waals surface area contributed by atoms with Gasteiger partial charge in [0.2, 0.25) is 5.96 Å². The van der Waals surface area contributed by atoms with Crippen LogP contribution in [-0.4, -0.2) is 12.5 Å². The predicted octanol–water partition coefficient (Wildman–Crippen LogP) is 2.22. The fourth-order valence-electron chi connectivity index (χ4n) is 1.42. The van der Waals surface area contributed by atoms with Crippen molar-refractivity contribution in [3.05, 3.63) is 34.9 Å². The maximum absolute atomic E-state index is 5.94. The number of aliphatic imine (C=N–C) groups is 1. The summed E-state index contributed by atoms with van der Waals surface area (Å²) in [5.41, 5.74) is 3.65. The monoisotopic (exact) mass is 254 g/mol. The number of nitrogens with one attached hydrogen (secondary N) is 2. The topological polar surface area (TPSA) is 62.4 Å². The van der Waals surface area contributed by atoms with Crippen molar-refractivity contribution in [2.75, 3.05) is 6.54 Å². The number of benzene rings is 1. The van der Waals surface area contributed by atoms with Crippen LogP contribution < -0.4 is 16.6 Å². The second kappa shape index (κ2) is 7.14. The Hall–Kier alpha value is -1.26. The van der Waals surface area contributed by atoms with Crippen molar-refractivity contribution in [2.45, 2.75) is 26.3 Å². The third kappa shape index (κ3) is 4.63. The Morgan fingerprint density at radius 2 is 2.29 bits per heavy atom. The molecule has 0 heterocycles. The first kappa shape index (κ1) is 13.8. The van der Waals surface area contributed by atoms with Gasteiger partial charge in [-0.1, -0.05) is 30.7 Å². The van der Waals surface area contributed by atoms with Crippen molar-refractivity contribution >= 4 is 17.6 Å². The van der Waals surface area contributed by atoms with Gasteiger partial charge in [0.15, 0.2) is 0 Å². The lowest BCUT2D eigenvalue weighted by Gasteiger charge is -2.17. The fraction of sp³-hybridized carbons (Fsp3) is 0.417. The van der Waals surface area contributed by atoms with Gasteiger partial charge >= 0.3 is 0 Å². The van der Waals surface area contributed by atoms with Crippen LogP contribution >= 0.6 is 11.6 Å². The van der Waals surface area contributed by atoms with Crippen LogP contribution in [0.15, 0.2) is 29.3 Å². The van der Waals surface area contributed by atoms with E-state index in [0.29, 0.717) is 5.96 Å². The van der Waals surface area contributed by atoms with Gasteiger partial charge in [0.25, 0.3) is 0 Å². The first-order valence-electron chi connectivity index (χ1n) is 5.70. The molecule has 0 aliphatic heterocycles. The van der Waals surface area contributed by atoms with E-state index in [0.717, 1.165) is 23.6 Å². The molecule has 1 rings (SSSR count). The van der Waals surface area contributed by atoms with Crippen molar-refractivity contribution < 1.29 is 0 Å². The van der Waals surface area contributed by atoms with Crippen LogP contribution in [0, 0.1) is 0 Å². The summed E-state index contributed by atoms with van der Waals surface area (Å²) < 4.78 is 0. The Kier molecular flexibility index (Phi) is 5.80. The van der Waals surface area contributed by atoms with E-state index in [9.17, 15) is 0 Å². The molecule has 0 spiro atoms. The van der Waals surface area contributed by atoms with Crippen LogP contribution in [0.2, 0.25) is 5.02 Å². The van der Waals surface area contributed by atoms with Crippen molar-refractivity contribution in [1.82, 2.24) is 10.7 Å². The van der Waals surface area contributed by atoms with E-state index in [1.807, 2.05) is 31.2 Å². The number of halogens is 1. The molecule has 1 aromatic rings. The highest BCUT2D eigenvalue weighted by molar-refractivity contribution is 6.30. The van der Waals surface area contributed by atoms with Crippen LogP contribution in [0.4, 0.5) is 0 Å². The average Bonchev–Trinajstić information content (AvgIpc) is 2.34. The molecule has 0 bridgehead atoms. The molecular weight excluding hydrogens is 236 g/mol. The Morgan fingerprint density at radius 1 is 1.53 bits per heavy atom. The Labute approximate surface area is 107 Å². The van der Waals surface area contributed by atoms with Gasteiger partial charge in [-0.25, -0.2) is 5.84 Å². The minimum Gasteiger partial charge on any atom is -0.349 e. The van der Waals surface area contributed by atoms with Crippen molar-refractivity contribution in [2.24, 2.45) is 10.8 Å². The molecule has 0 radical (unpaired) electrons. The molecule has 5 heteroatoms. The summed E-state index contributed by atoms with van der Waals surface area (Å²) in [7, 11) is 0. The first-order chi connectivity index (χ1) is 8.17. The SMILES string of the molecule is CCCN=C(NN)NC(C)c1cccc(Cl)c1. The Morgan fingerprint density at radius 3 is 2.88 bits per heavy atom. The average molecular weight is 255 g/mol. The van der Waals surface area contributed by atoms with E-state index >= 15 is 0 Å². The highest BCUT2D eigenvalue weighted by Gasteiger charge is 2.07. The zero-order chi connectivity index (χ0) is 12.7. The quantitative estimate of drug-likeness (QED) is 0.334. The Balaban J connectivity index is 2.67. The molecule has 0 fully saturated rings. The molecule has 94 valence electrons. The second-order valence-electron chi connectivity index (χ2n) is 3.80. The summed E-state index contributed by atoms with van der Waals surface area (Å²) >= 11 is 5.94. The maximum atomic E-state index is 5.94. The van der Waals surface area contributed by atoms with Gasteiger partial charge in [0, 0.05) is 11.6 Å². The van der Waals surface area contributed by atoms with Gasteiger partial charge in [0.05, 0.1) is 6.04 Å². The number of nitrogens with two attached hydrogens (primary N) is 1. The second-order valence-corrected chi connectivity index (χ2v) is 4.23. The van der Waals surface area contributed by atoms with Crippen molar-refractivity contribution in [3.63, 3.8) is 0 Å². The number of rotatable bonds is 4. The van der Waals surface area contributed by atoms with Crippen LogP contribution in [0.25, 0.3) is 0 Å². The molecule has 0 aliphatic rings. The highest BCUT2D eigenvalue weighted by atomic mass is 35.5. The van der Waals surface area contributed by atoms with Gasteiger partial charge in [-0.2, -0.15) is 0 Å². The molecule has 1 aromatic carbocycles. The van der Waals surface area contributed by atoms with Gasteiger partial charge in [-0.05, 0) is 31.0 Å². The third-order valence-electron chi connectivity index (χ3n) is 2.33. The molecule has 4 N–H and O–H groups in total. The van der Waals surface area contributed by atoms with E-state index in [4.69, 9.17) is 17.4 Å². The number of guanidine groups is 1. The third-order valence-corrected chi connectivity index (χ3v) is 2.57. The molecule has 0 amide bonds. The number of hydrazine groups is 1. The summed E-state index contributed by atoms with van der Waals surface area (Å²) in [5.74, 6) is 6.00. The molecule has 1 unspecified atom stereocenters. The van der Waals surface area contributed by atoms with Gasteiger partial charge in [-0.3, -0.25) is 10.4 Å². The first-order valence-corrected chi connectivity index (χ1v) is 6.08. The number of hydrogen-bond donors (Lipinski definition) is 3. The molecule has 4 nitrogen and oxygen atoms in total. The molecular formula is C12H19ClN4. The van der Waals surface area contributed by atoms with Gasteiger partial charge in [-0.15, -0.1) is 0 Å². The highest BCUT2D eigenvalue weighted by Crippen LogP contribution is 2.16. The van der Waals surface area contributed by atoms with Crippen molar-refractivity contribution in [3.8, 4) is 0 Å². The minimum absolute atomic E-state index is 0.0976. The lowest BCUT2D eigenvalue weighted by molar-refractivity contribution is 0.687. The van der Waals surface area contributed by atoms with Crippen LogP contribution in [0.1, 0.15) is 31.9 Å². The lowest BCUT2D eigenvalue weighted by Crippen LogP contribution is -2.42. The van der Waals surface area contributed by atoms with Crippen LogP contribution in [0.5, 0.6) is 0 Å². The fourth-order valence-corrected chi connectivity index (χ4v) is 1.62. The summed E-state index contributed by atoms with van der Waals surface area (Å²) in [6.07, 6.45) is 0.985. The van der Waals surface area contributed by atoms with E-state index < -0.39 is 0 Å². The zero-order valence-corrected chi connectivity index (χ0v) is 11.0. The summed E-state index contributed by atoms with van der Waals surface area (Å²) in [6, 6.07) is 7.81. The van der Waals surface area contributed by atoms with Gasteiger partial charge < -0.3 is 5.32 Å². The maximum Gasteiger partial charge on any atom is 0.206 e. The molecule has 0 saturated heterocycles. The van der Waals surface area contributed by atoms with E-state index in [1.165, 1.54) is 0 Å². The standard InChI is InChI=1S/C12H19ClN4/c1-3-7-15-12(17-14)16-9(2)10-5-4-6-11(13)8-10/h4-6,8-9H,3,7,14H2,1-2H3,(H2,15,16,17). The minimum atomic E-state index is 0.0976. The molecule has 0 aliphatic carbocycles. The molecule has 1 atom stereocenters. The van der Waals surface area contributed by atoms with Crippen molar-refractivity contribution in [1.29, 1.82) is 0 Å². The molecule has 0 aromatic heterocycles. The summed E-state index contributed by atoms with van der Waals surface area (Å²) in [6.45, 7) is 4.84. The normalized spacial score (nSPS) is 13.3. The van der Waals surface area contributed by atoms with E-state index in [1.54, 1.807) is 0 Å². The number of hydrogen-bond acceptors (Lipinski definition) is 2. The zero-order valence-electron chi connectivity index (χ0n) is 10.2. The van der Waals surface area contributed by atoms with Crippen LogP contribution in [-0.2, 0) is 0 Å². The predicted molar refractivity (Wildman–Crippen MR) is 72.9 cm³/mol. The smallest absolute Gasteiger partial charge is 0.206 e. The summed E-state index contributed by atoms with van der Waals surface area (Å²) in [4.78, 5) is 4.29. The van der Waals surface area contributed by atoms with Crippen LogP contribution in [0.3, 0.4) is 0 Å². The molecule has 17 heavy (non-hydrogen) atoms. The molecule has 0 saturated carbocycles. The van der Waals surface area contributed by atoms with Gasteiger partial charge in [0.1, 0.15) is 0 Å². The van der Waals surface area contributed by atoms with E-state index in [-0.39, 0.29) is 6.04 Å².